The Morgan fingerprint density at radius 3 is 2.42 bits per heavy atom. The Hall–Kier alpha value is -2.54. The summed E-state index contributed by atoms with van der Waals surface area (Å²) in [5, 5.41) is 0. The maximum absolute atomic E-state index is 11.6. The molecule has 0 aliphatic carbocycles. The molecule has 0 atom stereocenters. The van der Waals surface area contributed by atoms with Gasteiger partial charge in [-0.25, -0.2) is 8.42 Å². The molecule has 2 rings (SSSR count). The molecule has 0 amide bonds. The topological polar surface area (TPSA) is 68.2 Å². The summed E-state index contributed by atoms with van der Waals surface area (Å²) in [7, 11) is 1.33. The van der Waals surface area contributed by atoms with Gasteiger partial charge in [-0.15, -0.1) is 0 Å². The number of methoxy groups -OCH3 is 2. The number of hydrogen-bond acceptors (Lipinski definition) is 5. The zero-order chi connectivity index (χ0) is 17.7. The number of ether oxygens (including phenoxy) is 2. The summed E-state index contributed by atoms with van der Waals surface area (Å²) < 4.78 is 35.1. The van der Waals surface area contributed by atoms with Crippen molar-refractivity contribution in [3.8, 4) is 11.5 Å². The maximum Gasteiger partial charge on any atom is 0.231 e. The van der Waals surface area contributed by atoms with E-state index in [1.54, 1.807) is 50.8 Å². The van der Waals surface area contributed by atoms with Gasteiger partial charge in [-0.05, 0) is 30.3 Å². The van der Waals surface area contributed by atoms with Crippen molar-refractivity contribution >= 4 is 27.6 Å². The Labute approximate surface area is 142 Å². The van der Waals surface area contributed by atoms with Crippen molar-refractivity contribution in [1.82, 2.24) is 0 Å². The Bertz CT molecular complexity index is 847. The van der Waals surface area contributed by atoms with Crippen LogP contribution in [0.15, 0.2) is 47.5 Å². The van der Waals surface area contributed by atoms with Crippen LogP contribution in [0.25, 0.3) is 0 Å². The third kappa shape index (κ3) is 4.05. The largest absolute Gasteiger partial charge is 0.493 e. The molecule has 2 aromatic carbocycles. The molecule has 2 aromatic rings. The van der Waals surface area contributed by atoms with E-state index in [-0.39, 0.29) is 0 Å². The van der Waals surface area contributed by atoms with Crippen LogP contribution in [0.1, 0.15) is 5.56 Å². The fourth-order valence-electron chi connectivity index (χ4n) is 2.12. The number of rotatable bonds is 6. The van der Waals surface area contributed by atoms with Crippen LogP contribution in [0.2, 0.25) is 0 Å². The zero-order valence-electron chi connectivity index (χ0n) is 14.1. The Morgan fingerprint density at radius 1 is 1.08 bits per heavy atom. The van der Waals surface area contributed by atoms with Gasteiger partial charge in [0.2, 0.25) is 10.0 Å². The van der Waals surface area contributed by atoms with Gasteiger partial charge < -0.3 is 9.47 Å². The number of nitrogens with zero attached hydrogens (tertiary/aromatic N) is 2. The van der Waals surface area contributed by atoms with Gasteiger partial charge in [-0.2, -0.15) is 0 Å². The number of aliphatic imine (C=N–C) groups is 1. The molecular weight excluding hydrogens is 328 g/mol. The fraction of sp³-hybridized carbons (Fsp3) is 0.235. The highest BCUT2D eigenvalue weighted by Crippen LogP contribution is 2.30. The van der Waals surface area contributed by atoms with Crippen molar-refractivity contribution in [2.24, 2.45) is 4.99 Å². The van der Waals surface area contributed by atoms with Gasteiger partial charge in [0.15, 0.2) is 11.5 Å². The molecule has 0 bridgehead atoms. The van der Waals surface area contributed by atoms with Gasteiger partial charge in [-0.3, -0.25) is 9.30 Å². The molecule has 6 nitrogen and oxygen atoms in total. The molecule has 0 aromatic heterocycles. The van der Waals surface area contributed by atoms with E-state index < -0.39 is 10.0 Å². The van der Waals surface area contributed by atoms with Gasteiger partial charge >= 0.3 is 0 Å². The van der Waals surface area contributed by atoms with E-state index in [1.165, 1.54) is 11.4 Å². The summed E-state index contributed by atoms with van der Waals surface area (Å²) in [4.78, 5) is 4.40. The lowest BCUT2D eigenvalue weighted by molar-refractivity contribution is 0.354. The standard InChI is InChI=1S/C17H20N2O4S/c1-19(24(4,20)21)15-9-6-8-14(11-15)18-12-13-7-5-10-16(22-2)17(13)23-3/h5-12H,1-4H3. The second kappa shape index (κ2) is 7.35. The second-order valence-corrected chi connectivity index (χ2v) is 7.11. The molecule has 0 N–H and O–H groups in total. The highest BCUT2D eigenvalue weighted by Gasteiger charge is 2.12. The normalized spacial score (nSPS) is 11.5. The van der Waals surface area contributed by atoms with Crippen LogP contribution in [-0.2, 0) is 10.0 Å². The average molecular weight is 348 g/mol. The lowest BCUT2D eigenvalue weighted by Crippen LogP contribution is -2.24. The minimum absolute atomic E-state index is 0.546. The second-order valence-electron chi connectivity index (χ2n) is 5.09. The number of benzene rings is 2. The van der Waals surface area contributed by atoms with E-state index >= 15 is 0 Å². The van der Waals surface area contributed by atoms with Gasteiger partial charge in [0, 0.05) is 18.8 Å². The van der Waals surface area contributed by atoms with Crippen LogP contribution >= 0.6 is 0 Å². The quantitative estimate of drug-likeness (QED) is 0.753. The SMILES string of the molecule is COc1cccc(C=Nc2cccc(N(C)S(C)(=O)=O)c2)c1OC. The van der Waals surface area contributed by atoms with E-state index in [0.29, 0.717) is 22.9 Å². The molecule has 0 spiro atoms. The molecule has 0 radical (unpaired) electrons. The third-order valence-electron chi connectivity index (χ3n) is 3.48. The molecule has 7 heteroatoms. The van der Waals surface area contributed by atoms with E-state index in [9.17, 15) is 8.42 Å². The van der Waals surface area contributed by atoms with Gasteiger partial charge in [0.25, 0.3) is 0 Å². The highest BCUT2D eigenvalue weighted by molar-refractivity contribution is 7.92. The Morgan fingerprint density at radius 2 is 1.79 bits per heavy atom. The first-order valence-electron chi connectivity index (χ1n) is 7.16. The monoisotopic (exact) mass is 348 g/mol. The molecule has 0 unspecified atom stereocenters. The van der Waals surface area contributed by atoms with Gasteiger partial charge in [-0.1, -0.05) is 12.1 Å². The lowest BCUT2D eigenvalue weighted by Gasteiger charge is -2.16. The van der Waals surface area contributed by atoms with Crippen molar-refractivity contribution in [2.45, 2.75) is 0 Å². The van der Waals surface area contributed by atoms with E-state index in [1.807, 2.05) is 12.1 Å². The van der Waals surface area contributed by atoms with Crippen LogP contribution in [0, 0.1) is 0 Å². The van der Waals surface area contributed by atoms with Crippen molar-refractivity contribution in [3.63, 3.8) is 0 Å². The average Bonchev–Trinajstić information content (AvgIpc) is 2.58. The van der Waals surface area contributed by atoms with Crippen LogP contribution in [-0.4, -0.2) is 42.2 Å². The minimum atomic E-state index is -3.31. The van der Waals surface area contributed by atoms with E-state index in [4.69, 9.17) is 9.47 Å². The van der Waals surface area contributed by atoms with Crippen molar-refractivity contribution < 1.29 is 17.9 Å². The number of anilines is 1. The summed E-state index contributed by atoms with van der Waals surface area (Å²) >= 11 is 0. The molecule has 0 aliphatic heterocycles. The number of para-hydroxylation sites is 1. The van der Waals surface area contributed by atoms with Crippen LogP contribution in [0.4, 0.5) is 11.4 Å². The maximum atomic E-state index is 11.6. The molecule has 0 fully saturated rings. The molecule has 0 heterocycles. The van der Waals surface area contributed by atoms with Crippen molar-refractivity contribution in [1.29, 1.82) is 0 Å². The molecular formula is C17H20N2O4S. The van der Waals surface area contributed by atoms with Gasteiger partial charge in [0.05, 0.1) is 31.9 Å². The predicted octanol–water partition coefficient (Wildman–Crippen LogP) is 2.85. The minimum Gasteiger partial charge on any atom is -0.493 e. The van der Waals surface area contributed by atoms with Crippen molar-refractivity contribution in [2.75, 3.05) is 31.8 Å². The zero-order valence-corrected chi connectivity index (χ0v) is 14.9. The van der Waals surface area contributed by atoms with Gasteiger partial charge in [0.1, 0.15) is 0 Å². The number of hydrogen-bond donors (Lipinski definition) is 0. The van der Waals surface area contributed by atoms with Crippen LogP contribution in [0.5, 0.6) is 11.5 Å². The van der Waals surface area contributed by atoms with E-state index in [2.05, 4.69) is 4.99 Å². The molecule has 24 heavy (non-hydrogen) atoms. The summed E-state index contributed by atoms with van der Waals surface area (Å²) in [6.45, 7) is 0. The smallest absolute Gasteiger partial charge is 0.231 e. The summed E-state index contributed by atoms with van der Waals surface area (Å²) in [6, 6.07) is 12.5. The Kier molecular flexibility index (Phi) is 5.46. The van der Waals surface area contributed by atoms with Crippen LogP contribution < -0.4 is 13.8 Å². The van der Waals surface area contributed by atoms with Crippen LogP contribution in [0.3, 0.4) is 0 Å². The van der Waals surface area contributed by atoms with Crippen molar-refractivity contribution in [3.05, 3.63) is 48.0 Å². The summed E-state index contributed by atoms with van der Waals surface area (Å²) in [5.74, 6) is 1.21. The Balaban J connectivity index is 2.34. The van der Waals surface area contributed by atoms with E-state index in [0.717, 1.165) is 11.8 Å². The summed E-state index contributed by atoms with van der Waals surface area (Å²) in [6.07, 6.45) is 2.81. The lowest BCUT2D eigenvalue weighted by atomic mass is 10.2. The molecule has 0 saturated carbocycles. The first kappa shape index (κ1) is 17.8. The number of sulfonamides is 1. The molecule has 0 aliphatic rings. The molecule has 128 valence electrons. The molecule has 0 saturated heterocycles. The first-order chi connectivity index (χ1) is 11.4. The third-order valence-corrected chi connectivity index (χ3v) is 4.68. The fourth-order valence-corrected chi connectivity index (χ4v) is 2.61. The highest BCUT2D eigenvalue weighted by atomic mass is 32.2. The summed E-state index contributed by atoms with van der Waals surface area (Å²) in [5.41, 5.74) is 1.94. The predicted molar refractivity (Wildman–Crippen MR) is 96.5 cm³/mol. The first-order valence-corrected chi connectivity index (χ1v) is 9.00.